The average molecular weight is 200 g/mol. The molecule has 0 heterocycles. The van der Waals surface area contributed by atoms with Gasteiger partial charge in [-0.2, -0.15) is 0 Å². The standard InChI is InChI=1S/C9H16N2O3/c10-8(12)6-14-11-9(13)5-7-3-1-2-4-7/h7H,1-6H2,(H2,10,12)(H,11,13). The molecule has 5 nitrogen and oxygen atoms in total. The molecule has 2 amide bonds. The Morgan fingerprint density at radius 1 is 1.36 bits per heavy atom. The summed E-state index contributed by atoms with van der Waals surface area (Å²) >= 11 is 0. The smallest absolute Gasteiger partial charge is 0.246 e. The van der Waals surface area contributed by atoms with Crippen LogP contribution in [0.25, 0.3) is 0 Å². The van der Waals surface area contributed by atoms with Crippen LogP contribution in [0.2, 0.25) is 0 Å². The predicted octanol–water partition coefficient (Wildman–Crippen LogP) is 0.0998. The summed E-state index contributed by atoms with van der Waals surface area (Å²) in [7, 11) is 0. The van der Waals surface area contributed by atoms with E-state index in [2.05, 4.69) is 10.3 Å². The Morgan fingerprint density at radius 2 is 2.00 bits per heavy atom. The molecule has 80 valence electrons. The topological polar surface area (TPSA) is 81.4 Å². The minimum atomic E-state index is -0.592. The van der Waals surface area contributed by atoms with E-state index in [4.69, 9.17) is 5.73 Å². The van der Waals surface area contributed by atoms with Crippen molar-refractivity contribution in [3.8, 4) is 0 Å². The lowest BCUT2D eigenvalue weighted by Crippen LogP contribution is -2.30. The third-order valence-corrected chi connectivity index (χ3v) is 2.35. The fraction of sp³-hybridized carbons (Fsp3) is 0.778. The molecule has 0 saturated heterocycles. The Kier molecular flexibility index (Phi) is 4.39. The molecule has 1 saturated carbocycles. The van der Waals surface area contributed by atoms with E-state index in [0.717, 1.165) is 12.8 Å². The van der Waals surface area contributed by atoms with Crippen LogP contribution in [0.1, 0.15) is 32.1 Å². The van der Waals surface area contributed by atoms with Crippen molar-refractivity contribution in [1.82, 2.24) is 5.48 Å². The van der Waals surface area contributed by atoms with Crippen molar-refractivity contribution in [1.29, 1.82) is 0 Å². The molecular formula is C9H16N2O3. The Morgan fingerprint density at radius 3 is 2.57 bits per heavy atom. The van der Waals surface area contributed by atoms with Gasteiger partial charge in [-0.25, -0.2) is 5.48 Å². The van der Waals surface area contributed by atoms with Crippen LogP contribution in [-0.4, -0.2) is 18.4 Å². The van der Waals surface area contributed by atoms with E-state index in [-0.39, 0.29) is 12.5 Å². The summed E-state index contributed by atoms with van der Waals surface area (Å²) in [6.45, 7) is -0.267. The van der Waals surface area contributed by atoms with Crippen LogP contribution in [0.5, 0.6) is 0 Å². The van der Waals surface area contributed by atoms with E-state index in [0.29, 0.717) is 12.3 Å². The number of hydrogen-bond donors (Lipinski definition) is 2. The van der Waals surface area contributed by atoms with E-state index >= 15 is 0 Å². The van der Waals surface area contributed by atoms with Gasteiger partial charge >= 0.3 is 0 Å². The maximum Gasteiger partial charge on any atom is 0.246 e. The first-order valence-corrected chi connectivity index (χ1v) is 4.87. The fourth-order valence-corrected chi connectivity index (χ4v) is 1.71. The van der Waals surface area contributed by atoms with Crippen LogP contribution >= 0.6 is 0 Å². The van der Waals surface area contributed by atoms with Crippen molar-refractivity contribution in [3.05, 3.63) is 0 Å². The van der Waals surface area contributed by atoms with Crippen LogP contribution < -0.4 is 11.2 Å². The molecule has 0 bridgehead atoms. The number of nitrogens with one attached hydrogen (secondary N) is 1. The quantitative estimate of drug-likeness (QED) is 0.617. The first kappa shape index (κ1) is 11.0. The second-order valence-corrected chi connectivity index (χ2v) is 3.63. The maximum absolute atomic E-state index is 11.2. The molecular weight excluding hydrogens is 184 g/mol. The Bertz CT molecular complexity index is 212. The van der Waals surface area contributed by atoms with Gasteiger partial charge in [0.25, 0.3) is 0 Å². The first-order valence-electron chi connectivity index (χ1n) is 4.87. The third-order valence-electron chi connectivity index (χ3n) is 2.35. The molecule has 3 N–H and O–H groups in total. The first-order chi connectivity index (χ1) is 6.68. The molecule has 0 aliphatic heterocycles. The number of hydrogen-bond acceptors (Lipinski definition) is 3. The molecule has 1 aliphatic carbocycles. The highest BCUT2D eigenvalue weighted by molar-refractivity contribution is 5.77. The van der Waals surface area contributed by atoms with E-state index in [1.807, 2.05) is 0 Å². The number of primary amides is 1. The minimum absolute atomic E-state index is 0.168. The number of amides is 2. The summed E-state index contributed by atoms with van der Waals surface area (Å²) in [6, 6.07) is 0. The van der Waals surface area contributed by atoms with Crippen LogP contribution in [0.4, 0.5) is 0 Å². The molecule has 5 heteroatoms. The highest BCUT2D eigenvalue weighted by Crippen LogP contribution is 2.27. The predicted molar refractivity (Wildman–Crippen MR) is 49.9 cm³/mol. The molecule has 1 fully saturated rings. The molecule has 0 unspecified atom stereocenters. The number of rotatable bonds is 5. The fourth-order valence-electron chi connectivity index (χ4n) is 1.71. The van der Waals surface area contributed by atoms with Gasteiger partial charge in [0.2, 0.25) is 11.8 Å². The summed E-state index contributed by atoms with van der Waals surface area (Å²) in [5.41, 5.74) is 7.03. The highest BCUT2D eigenvalue weighted by Gasteiger charge is 2.18. The van der Waals surface area contributed by atoms with Gasteiger partial charge in [-0.05, 0) is 18.8 Å². The molecule has 14 heavy (non-hydrogen) atoms. The lowest BCUT2D eigenvalue weighted by Gasteiger charge is -2.08. The third kappa shape index (κ3) is 4.23. The summed E-state index contributed by atoms with van der Waals surface area (Å²) in [6.07, 6.45) is 5.13. The lowest BCUT2D eigenvalue weighted by molar-refractivity contribution is -0.138. The monoisotopic (exact) mass is 200 g/mol. The SMILES string of the molecule is NC(=O)CONC(=O)CC1CCCC1. The zero-order valence-electron chi connectivity index (χ0n) is 8.12. The zero-order chi connectivity index (χ0) is 10.4. The van der Waals surface area contributed by atoms with Crippen LogP contribution in [-0.2, 0) is 14.4 Å². The van der Waals surface area contributed by atoms with Crippen LogP contribution in [0, 0.1) is 5.92 Å². The summed E-state index contributed by atoms with van der Waals surface area (Å²) < 4.78 is 0. The number of nitrogens with two attached hydrogens (primary N) is 1. The largest absolute Gasteiger partial charge is 0.368 e. The summed E-state index contributed by atoms with van der Waals surface area (Å²) in [4.78, 5) is 26.1. The van der Waals surface area contributed by atoms with Crippen molar-refractivity contribution in [2.24, 2.45) is 11.7 Å². The van der Waals surface area contributed by atoms with Crippen molar-refractivity contribution < 1.29 is 14.4 Å². The Hall–Kier alpha value is -1.10. The van der Waals surface area contributed by atoms with Gasteiger partial charge in [0, 0.05) is 6.42 Å². The van der Waals surface area contributed by atoms with Gasteiger partial charge in [-0.15, -0.1) is 0 Å². The van der Waals surface area contributed by atoms with E-state index in [9.17, 15) is 9.59 Å². The zero-order valence-corrected chi connectivity index (χ0v) is 8.12. The second-order valence-electron chi connectivity index (χ2n) is 3.63. The van der Waals surface area contributed by atoms with Gasteiger partial charge in [-0.3, -0.25) is 14.4 Å². The summed E-state index contributed by atoms with van der Waals surface area (Å²) in [5.74, 6) is -0.281. The van der Waals surface area contributed by atoms with E-state index in [1.54, 1.807) is 0 Å². The second kappa shape index (κ2) is 5.59. The average Bonchev–Trinajstić information content (AvgIpc) is 2.56. The molecule has 0 aromatic rings. The molecule has 0 aromatic heterocycles. The molecule has 0 atom stereocenters. The van der Waals surface area contributed by atoms with Crippen molar-refractivity contribution in [3.63, 3.8) is 0 Å². The maximum atomic E-state index is 11.2. The molecule has 1 aliphatic rings. The van der Waals surface area contributed by atoms with Gasteiger partial charge < -0.3 is 5.73 Å². The van der Waals surface area contributed by atoms with E-state index < -0.39 is 5.91 Å². The van der Waals surface area contributed by atoms with Gasteiger partial charge in [0.15, 0.2) is 6.61 Å². The van der Waals surface area contributed by atoms with Crippen molar-refractivity contribution in [2.45, 2.75) is 32.1 Å². The highest BCUT2D eigenvalue weighted by atomic mass is 16.7. The molecule has 0 radical (unpaired) electrons. The number of carbonyl (C=O) groups excluding carboxylic acids is 2. The minimum Gasteiger partial charge on any atom is -0.368 e. The van der Waals surface area contributed by atoms with Crippen molar-refractivity contribution >= 4 is 11.8 Å². The van der Waals surface area contributed by atoms with Gasteiger partial charge in [-0.1, -0.05) is 12.8 Å². The number of hydroxylamine groups is 1. The molecule has 0 aromatic carbocycles. The van der Waals surface area contributed by atoms with Gasteiger partial charge in [0.05, 0.1) is 0 Å². The number of carbonyl (C=O) groups is 2. The van der Waals surface area contributed by atoms with Gasteiger partial charge in [0.1, 0.15) is 0 Å². The Balaban J connectivity index is 2.06. The van der Waals surface area contributed by atoms with Crippen molar-refractivity contribution in [2.75, 3.05) is 6.61 Å². The lowest BCUT2D eigenvalue weighted by atomic mass is 10.0. The Labute approximate surface area is 82.9 Å². The van der Waals surface area contributed by atoms with Crippen LogP contribution in [0.3, 0.4) is 0 Å². The van der Waals surface area contributed by atoms with Crippen LogP contribution in [0.15, 0.2) is 0 Å². The molecule has 1 rings (SSSR count). The molecule has 0 spiro atoms. The van der Waals surface area contributed by atoms with E-state index in [1.165, 1.54) is 12.8 Å². The normalized spacial score (nSPS) is 16.9. The summed E-state index contributed by atoms with van der Waals surface area (Å²) in [5, 5.41) is 0.